The third-order valence-corrected chi connectivity index (χ3v) is 3.17. The van der Waals surface area contributed by atoms with Gasteiger partial charge in [-0.3, -0.25) is 0 Å². The van der Waals surface area contributed by atoms with Crippen LogP contribution in [0.25, 0.3) is 0 Å². The highest BCUT2D eigenvalue weighted by molar-refractivity contribution is 4.85. The minimum atomic E-state index is 0.371. The first-order valence-electron chi connectivity index (χ1n) is 5.10. The normalized spacial score (nSPS) is 23.3. The Kier molecular flexibility index (Phi) is 4.16. The van der Waals surface area contributed by atoms with Crippen LogP contribution in [0, 0.1) is 5.41 Å². The van der Waals surface area contributed by atoms with Crippen LogP contribution >= 0.6 is 0 Å². The van der Waals surface area contributed by atoms with Crippen molar-refractivity contribution in [3.8, 4) is 0 Å². The molecule has 3 heteroatoms. The molecule has 1 saturated heterocycles. The monoisotopic (exact) mass is 186 g/mol. The van der Waals surface area contributed by atoms with Crippen molar-refractivity contribution in [1.82, 2.24) is 4.90 Å². The zero-order chi connectivity index (χ0) is 9.73. The van der Waals surface area contributed by atoms with Crippen LogP contribution in [0.15, 0.2) is 0 Å². The summed E-state index contributed by atoms with van der Waals surface area (Å²) in [5, 5.41) is 0. The first-order chi connectivity index (χ1) is 6.22. The van der Waals surface area contributed by atoms with Gasteiger partial charge in [0.2, 0.25) is 0 Å². The van der Waals surface area contributed by atoms with Crippen LogP contribution in [0.2, 0.25) is 0 Å². The Balaban J connectivity index is 2.47. The molecule has 0 aromatic rings. The average molecular weight is 186 g/mol. The molecule has 0 saturated carbocycles. The number of hydrogen-bond donors (Lipinski definition) is 1. The standard InChI is InChI=1S/C10H22N2O/c1-12-7-4-10(3-6-11,5-8-12)9-13-2/h3-9,11H2,1-2H3. The third kappa shape index (κ3) is 2.93. The molecule has 2 N–H and O–H groups in total. The molecular formula is C10H22N2O. The Labute approximate surface area is 81.2 Å². The Hall–Kier alpha value is -0.120. The summed E-state index contributed by atoms with van der Waals surface area (Å²) >= 11 is 0. The van der Waals surface area contributed by atoms with E-state index in [1.54, 1.807) is 7.11 Å². The lowest BCUT2D eigenvalue weighted by Gasteiger charge is -2.40. The van der Waals surface area contributed by atoms with E-state index in [-0.39, 0.29) is 0 Å². The van der Waals surface area contributed by atoms with E-state index in [9.17, 15) is 0 Å². The summed E-state index contributed by atoms with van der Waals surface area (Å²) in [6.45, 7) is 4.03. The SMILES string of the molecule is COCC1(CCN)CCN(C)CC1. The predicted molar refractivity (Wildman–Crippen MR) is 54.7 cm³/mol. The summed E-state index contributed by atoms with van der Waals surface area (Å²) in [7, 11) is 3.97. The highest BCUT2D eigenvalue weighted by Gasteiger charge is 2.32. The molecule has 1 rings (SSSR count). The molecule has 0 atom stereocenters. The highest BCUT2D eigenvalue weighted by atomic mass is 16.5. The molecule has 13 heavy (non-hydrogen) atoms. The molecule has 0 aliphatic carbocycles. The average Bonchev–Trinajstić information content (AvgIpc) is 2.11. The van der Waals surface area contributed by atoms with E-state index in [1.165, 1.54) is 25.9 Å². The van der Waals surface area contributed by atoms with Crippen molar-refractivity contribution in [1.29, 1.82) is 0 Å². The van der Waals surface area contributed by atoms with Gasteiger partial charge in [0.25, 0.3) is 0 Å². The van der Waals surface area contributed by atoms with Gasteiger partial charge in [0.1, 0.15) is 0 Å². The Morgan fingerprint density at radius 1 is 1.38 bits per heavy atom. The van der Waals surface area contributed by atoms with Crippen LogP contribution in [0.5, 0.6) is 0 Å². The predicted octanol–water partition coefficient (Wildman–Crippen LogP) is 0.694. The first kappa shape index (κ1) is 11.0. The van der Waals surface area contributed by atoms with Crippen LogP contribution in [-0.4, -0.2) is 45.3 Å². The van der Waals surface area contributed by atoms with E-state index in [2.05, 4.69) is 11.9 Å². The van der Waals surface area contributed by atoms with Gasteiger partial charge in [-0.25, -0.2) is 0 Å². The summed E-state index contributed by atoms with van der Waals surface area (Å²) in [5.41, 5.74) is 6.01. The van der Waals surface area contributed by atoms with E-state index in [0.717, 1.165) is 19.6 Å². The fourth-order valence-electron chi connectivity index (χ4n) is 2.17. The van der Waals surface area contributed by atoms with Crippen molar-refractivity contribution < 1.29 is 4.74 Å². The number of likely N-dealkylation sites (tertiary alicyclic amines) is 1. The number of rotatable bonds is 4. The minimum absolute atomic E-state index is 0.371. The lowest BCUT2D eigenvalue weighted by atomic mass is 9.76. The maximum absolute atomic E-state index is 5.64. The van der Waals surface area contributed by atoms with Crippen LogP contribution < -0.4 is 5.73 Å². The molecule has 3 nitrogen and oxygen atoms in total. The van der Waals surface area contributed by atoms with Gasteiger partial charge in [-0.2, -0.15) is 0 Å². The summed E-state index contributed by atoms with van der Waals surface area (Å²) in [5.74, 6) is 0. The van der Waals surface area contributed by atoms with Gasteiger partial charge in [0.15, 0.2) is 0 Å². The molecular weight excluding hydrogens is 164 g/mol. The van der Waals surface area contributed by atoms with E-state index < -0.39 is 0 Å². The second-order valence-electron chi connectivity index (χ2n) is 4.27. The number of methoxy groups -OCH3 is 1. The molecule has 1 aliphatic rings. The van der Waals surface area contributed by atoms with Crippen LogP contribution in [0.4, 0.5) is 0 Å². The quantitative estimate of drug-likeness (QED) is 0.702. The fraction of sp³-hybridized carbons (Fsp3) is 1.00. The molecule has 0 aromatic heterocycles. The van der Waals surface area contributed by atoms with Crippen LogP contribution in [0.3, 0.4) is 0 Å². The molecule has 0 aromatic carbocycles. The van der Waals surface area contributed by atoms with Gasteiger partial charge in [0, 0.05) is 7.11 Å². The van der Waals surface area contributed by atoms with Crippen molar-refractivity contribution >= 4 is 0 Å². The third-order valence-electron chi connectivity index (χ3n) is 3.17. The molecule has 78 valence electrons. The van der Waals surface area contributed by atoms with E-state index in [4.69, 9.17) is 10.5 Å². The summed E-state index contributed by atoms with van der Waals surface area (Å²) in [6, 6.07) is 0. The topological polar surface area (TPSA) is 38.5 Å². The molecule has 0 radical (unpaired) electrons. The lowest BCUT2D eigenvalue weighted by molar-refractivity contribution is 0.0235. The Morgan fingerprint density at radius 2 is 2.00 bits per heavy atom. The molecule has 0 amide bonds. The zero-order valence-electron chi connectivity index (χ0n) is 8.88. The summed E-state index contributed by atoms with van der Waals surface area (Å²) < 4.78 is 5.30. The maximum atomic E-state index is 5.64. The zero-order valence-corrected chi connectivity index (χ0v) is 8.88. The van der Waals surface area contributed by atoms with Gasteiger partial charge in [-0.05, 0) is 51.4 Å². The molecule has 0 unspecified atom stereocenters. The minimum Gasteiger partial charge on any atom is -0.384 e. The number of piperidine rings is 1. The smallest absolute Gasteiger partial charge is 0.0520 e. The van der Waals surface area contributed by atoms with E-state index in [1.807, 2.05) is 0 Å². The van der Waals surface area contributed by atoms with Gasteiger partial charge in [0.05, 0.1) is 6.61 Å². The number of nitrogens with zero attached hydrogens (tertiary/aromatic N) is 1. The van der Waals surface area contributed by atoms with Crippen LogP contribution in [0.1, 0.15) is 19.3 Å². The van der Waals surface area contributed by atoms with Gasteiger partial charge >= 0.3 is 0 Å². The highest BCUT2D eigenvalue weighted by Crippen LogP contribution is 2.34. The second-order valence-corrected chi connectivity index (χ2v) is 4.27. The molecule has 1 heterocycles. The molecule has 1 aliphatic heterocycles. The van der Waals surface area contributed by atoms with Crippen molar-refractivity contribution in [3.05, 3.63) is 0 Å². The number of nitrogens with two attached hydrogens (primary N) is 1. The fourth-order valence-corrected chi connectivity index (χ4v) is 2.17. The lowest BCUT2D eigenvalue weighted by Crippen LogP contribution is -2.41. The van der Waals surface area contributed by atoms with E-state index in [0.29, 0.717) is 5.41 Å². The van der Waals surface area contributed by atoms with E-state index >= 15 is 0 Å². The number of hydrogen-bond acceptors (Lipinski definition) is 3. The van der Waals surface area contributed by atoms with Gasteiger partial charge in [-0.15, -0.1) is 0 Å². The Bertz CT molecular complexity index is 134. The molecule has 0 spiro atoms. The van der Waals surface area contributed by atoms with Gasteiger partial charge in [-0.1, -0.05) is 0 Å². The van der Waals surface area contributed by atoms with Gasteiger partial charge < -0.3 is 15.4 Å². The van der Waals surface area contributed by atoms with Crippen molar-refractivity contribution in [3.63, 3.8) is 0 Å². The summed E-state index contributed by atoms with van der Waals surface area (Å²) in [4.78, 5) is 2.38. The largest absolute Gasteiger partial charge is 0.384 e. The van der Waals surface area contributed by atoms with Crippen molar-refractivity contribution in [2.45, 2.75) is 19.3 Å². The first-order valence-corrected chi connectivity index (χ1v) is 5.10. The molecule has 1 fully saturated rings. The summed E-state index contributed by atoms with van der Waals surface area (Å²) in [6.07, 6.45) is 3.57. The Morgan fingerprint density at radius 3 is 2.46 bits per heavy atom. The number of ether oxygens (including phenoxy) is 1. The maximum Gasteiger partial charge on any atom is 0.0520 e. The van der Waals surface area contributed by atoms with Crippen molar-refractivity contribution in [2.75, 3.05) is 40.4 Å². The second kappa shape index (κ2) is 4.94. The molecule has 0 bridgehead atoms. The van der Waals surface area contributed by atoms with Crippen LogP contribution in [-0.2, 0) is 4.74 Å². The van der Waals surface area contributed by atoms with Crippen molar-refractivity contribution in [2.24, 2.45) is 11.1 Å².